The molecule has 0 aliphatic carbocycles. The van der Waals surface area contributed by atoms with E-state index in [1.807, 2.05) is 31.7 Å². The molecule has 2 heterocycles. The van der Waals surface area contributed by atoms with Crippen LogP contribution in [0.3, 0.4) is 0 Å². The largest absolute Gasteiger partial charge is 0.385 e. The van der Waals surface area contributed by atoms with Gasteiger partial charge in [-0.05, 0) is 26.8 Å². The van der Waals surface area contributed by atoms with Gasteiger partial charge in [-0.25, -0.2) is 0 Å². The van der Waals surface area contributed by atoms with Crippen molar-refractivity contribution < 1.29 is 9.53 Å². The second kappa shape index (κ2) is 6.02. The Labute approximate surface area is 114 Å². The van der Waals surface area contributed by atoms with Gasteiger partial charge in [0.25, 0.3) is 5.91 Å². The maximum Gasteiger partial charge on any atom is 0.257 e. The highest BCUT2D eigenvalue weighted by Crippen LogP contribution is 2.19. The first kappa shape index (κ1) is 13.8. The summed E-state index contributed by atoms with van der Waals surface area (Å²) in [6.07, 6.45) is 1.76. The van der Waals surface area contributed by atoms with Crippen LogP contribution in [0.1, 0.15) is 29.9 Å². The lowest BCUT2D eigenvalue weighted by molar-refractivity contribution is -0.0124. The summed E-state index contributed by atoms with van der Waals surface area (Å²) in [6.45, 7) is 8.58. The number of carbonyl (C=O) groups excluding carboxylic acids is 1. The number of aryl methyl sites for hydroxylation is 1. The number of ether oxygens (including phenoxy) is 1. The number of aromatic nitrogens is 1. The van der Waals surface area contributed by atoms with Crippen LogP contribution in [0.4, 0.5) is 5.69 Å². The third-order valence-corrected chi connectivity index (χ3v) is 3.17. The summed E-state index contributed by atoms with van der Waals surface area (Å²) in [7, 11) is 0. The van der Waals surface area contributed by atoms with E-state index in [-0.39, 0.29) is 12.0 Å². The van der Waals surface area contributed by atoms with Crippen molar-refractivity contribution in [3.05, 3.63) is 23.5 Å². The van der Waals surface area contributed by atoms with Gasteiger partial charge in [-0.3, -0.25) is 9.78 Å². The van der Waals surface area contributed by atoms with E-state index >= 15 is 0 Å². The average molecular weight is 263 g/mol. The van der Waals surface area contributed by atoms with E-state index in [0.29, 0.717) is 25.3 Å². The van der Waals surface area contributed by atoms with Crippen LogP contribution in [0.25, 0.3) is 0 Å². The van der Waals surface area contributed by atoms with E-state index < -0.39 is 0 Å². The molecule has 104 valence electrons. The van der Waals surface area contributed by atoms with Gasteiger partial charge in [0.1, 0.15) is 0 Å². The number of rotatable bonds is 3. The number of carbonyl (C=O) groups is 1. The molecule has 5 heteroatoms. The quantitative estimate of drug-likeness (QED) is 0.901. The number of amides is 1. The van der Waals surface area contributed by atoms with Crippen LogP contribution in [0, 0.1) is 6.92 Å². The molecule has 1 saturated heterocycles. The zero-order valence-corrected chi connectivity index (χ0v) is 11.8. The van der Waals surface area contributed by atoms with Crippen LogP contribution in [-0.2, 0) is 4.74 Å². The number of nitrogens with one attached hydrogen (secondary N) is 1. The van der Waals surface area contributed by atoms with Crippen LogP contribution in [-0.4, -0.2) is 48.1 Å². The van der Waals surface area contributed by atoms with Crippen molar-refractivity contribution >= 4 is 11.6 Å². The highest BCUT2D eigenvalue weighted by atomic mass is 16.5. The number of anilines is 1. The number of morpholine rings is 1. The predicted molar refractivity (Wildman–Crippen MR) is 74.5 cm³/mol. The molecule has 0 aromatic carbocycles. The van der Waals surface area contributed by atoms with E-state index in [2.05, 4.69) is 10.3 Å². The van der Waals surface area contributed by atoms with Gasteiger partial charge < -0.3 is 15.0 Å². The van der Waals surface area contributed by atoms with Crippen LogP contribution >= 0.6 is 0 Å². The molecule has 1 aromatic rings. The summed E-state index contributed by atoms with van der Waals surface area (Å²) < 4.78 is 5.47. The van der Waals surface area contributed by atoms with Gasteiger partial charge in [0.05, 0.1) is 24.0 Å². The molecule has 1 fully saturated rings. The molecule has 1 amide bonds. The zero-order valence-electron chi connectivity index (χ0n) is 11.8. The van der Waals surface area contributed by atoms with Crippen molar-refractivity contribution in [2.75, 3.05) is 31.6 Å². The Morgan fingerprint density at radius 1 is 1.63 bits per heavy atom. The van der Waals surface area contributed by atoms with Gasteiger partial charge >= 0.3 is 0 Å². The molecule has 1 N–H and O–H groups in total. The fraction of sp³-hybridized carbons (Fsp3) is 0.571. The minimum absolute atomic E-state index is 0.0265. The molecule has 1 atom stereocenters. The van der Waals surface area contributed by atoms with Crippen molar-refractivity contribution in [1.82, 2.24) is 9.88 Å². The first-order chi connectivity index (χ1) is 9.11. The number of hydrogen-bond donors (Lipinski definition) is 1. The van der Waals surface area contributed by atoms with E-state index in [1.54, 1.807) is 6.20 Å². The maximum atomic E-state index is 12.5. The topological polar surface area (TPSA) is 54.5 Å². The normalized spacial score (nSPS) is 19.3. The fourth-order valence-corrected chi connectivity index (χ4v) is 2.24. The third kappa shape index (κ3) is 3.23. The number of hydrogen-bond acceptors (Lipinski definition) is 4. The van der Waals surface area contributed by atoms with Gasteiger partial charge in [-0.1, -0.05) is 0 Å². The Morgan fingerprint density at radius 3 is 3.11 bits per heavy atom. The summed E-state index contributed by atoms with van der Waals surface area (Å²) in [4.78, 5) is 18.6. The smallest absolute Gasteiger partial charge is 0.257 e. The van der Waals surface area contributed by atoms with Crippen LogP contribution in [0.15, 0.2) is 12.3 Å². The predicted octanol–water partition coefficient (Wildman–Crippen LogP) is 1.68. The molecule has 1 unspecified atom stereocenters. The van der Waals surface area contributed by atoms with Gasteiger partial charge in [0.15, 0.2) is 0 Å². The molecule has 1 aliphatic rings. The Hall–Kier alpha value is -1.62. The summed E-state index contributed by atoms with van der Waals surface area (Å²) in [6, 6.07) is 1.92. The highest BCUT2D eigenvalue weighted by Gasteiger charge is 2.24. The third-order valence-electron chi connectivity index (χ3n) is 3.17. The number of nitrogens with zero attached hydrogens (tertiary/aromatic N) is 2. The molecule has 0 radical (unpaired) electrons. The minimum atomic E-state index is 0.0265. The summed E-state index contributed by atoms with van der Waals surface area (Å²) >= 11 is 0. The monoisotopic (exact) mass is 263 g/mol. The van der Waals surface area contributed by atoms with E-state index in [1.165, 1.54) is 0 Å². The Kier molecular flexibility index (Phi) is 4.37. The second-order valence-electron chi connectivity index (χ2n) is 4.83. The highest BCUT2D eigenvalue weighted by molar-refractivity contribution is 5.99. The van der Waals surface area contributed by atoms with Crippen LogP contribution in [0.2, 0.25) is 0 Å². The Bertz CT molecular complexity index is 462. The van der Waals surface area contributed by atoms with Crippen molar-refractivity contribution in [1.29, 1.82) is 0 Å². The van der Waals surface area contributed by atoms with E-state index in [0.717, 1.165) is 17.9 Å². The lowest BCUT2D eigenvalue weighted by atomic mass is 10.1. The standard InChI is InChI=1S/C14H21N3O2/c1-4-15-13-7-10(2)16-8-12(13)14(18)17-5-6-19-11(3)9-17/h7-8,11H,4-6,9H2,1-3H3,(H,15,16). The molecule has 1 aliphatic heterocycles. The first-order valence-electron chi connectivity index (χ1n) is 6.73. The minimum Gasteiger partial charge on any atom is -0.385 e. The van der Waals surface area contributed by atoms with Crippen LogP contribution < -0.4 is 5.32 Å². The summed E-state index contributed by atoms with van der Waals surface area (Å²) in [5.41, 5.74) is 2.41. The van der Waals surface area contributed by atoms with Gasteiger partial charge in [0, 0.05) is 31.5 Å². The second-order valence-corrected chi connectivity index (χ2v) is 4.83. The maximum absolute atomic E-state index is 12.5. The summed E-state index contributed by atoms with van der Waals surface area (Å²) in [5, 5.41) is 3.23. The Morgan fingerprint density at radius 2 is 2.42 bits per heavy atom. The molecule has 0 bridgehead atoms. The molecule has 19 heavy (non-hydrogen) atoms. The average Bonchev–Trinajstić information content (AvgIpc) is 2.39. The summed E-state index contributed by atoms with van der Waals surface area (Å²) in [5.74, 6) is 0.0265. The first-order valence-corrected chi connectivity index (χ1v) is 6.73. The molecule has 0 spiro atoms. The van der Waals surface area contributed by atoms with Crippen molar-refractivity contribution in [2.24, 2.45) is 0 Å². The Balaban J connectivity index is 2.22. The van der Waals surface area contributed by atoms with E-state index in [9.17, 15) is 4.79 Å². The molecule has 1 aromatic heterocycles. The fourth-order valence-electron chi connectivity index (χ4n) is 2.24. The van der Waals surface area contributed by atoms with Crippen molar-refractivity contribution in [3.63, 3.8) is 0 Å². The molecule has 2 rings (SSSR count). The van der Waals surface area contributed by atoms with E-state index in [4.69, 9.17) is 4.74 Å². The lowest BCUT2D eigenvalue weighted by Crippen LogP contribution is -2.44. The SMILES string of the molecule is CCNc1cc(C)ncc1C(=O)N1CCOC(C)C1. The van der Waals surface area contributed by atoms with Crippen LogP contribution in [0.5, 0.6) is 0 Å². The molecule has 0 saturated carbocycles. The molecular weight excluding hydrogens is 242 g/mol. The molecule has 5 nitrogen and oxygen atoms in total. The van der Waals surface area contributed by atoms with Gasteiger partial charge in [0.2, 0.25) is 0 Å². The lowest BCUT2D eigenvalue weighted by Gasteiger charge is -2.31. The van der Waals surface area contributed by atoms with Crippen molar-refractivity contribution in [2.45, 2.75) is 26.9 Å². The molecular formula is C14H21N3O2. The van der Waals surface area contributed by atoms with Gasteiger partial charge in [-0.2, -0.15) is 0 Å². The van der Waals surface area contributed by atoms with Gasteiger partial charge in [-0.15, -0.1) is 0 Å². The number of pyridine rings is 1. The van der Waals surface area contributed by atoms with Crippen molar-refractivity contribution in [3.8, 4) is 0 Å². The zero-order chi connectivity index (χ0) is 13.8.